The molecule has 5 heterocycles. The van der Waals surface area contributed by atoms with Crippen LogP contribution in [0, 0.1) is 23.7 Å². The fraction of sp³-hybridized carbons (Fsp3) is 0.545. The molecule has 0 bridgehead atoms. The van der Waals surface area contributed by atoms with Gasteiger partial charge in [0, 0.05) is 118 Å². The third kappa shape index (κ3) is 29.1. The summed E-state index contributed by atoms with van der Waals surface area (Å²) in [6, 6.07) is 97.2. The van der Waals surface area contributed by atoms with Crippen molar-refractivity contribution < 1.29 is 0 Å². The van der Waals surface area contributed by atoms with Gasteiger partial charge in [-0.3, -0.25) is 0 Å². The second-order valence-electron chi connectivity index (χ2n) is 50.5. The molecule has 5 nitrogen and oxygen atoms in total. The topological polar surface area (TPSA) is 60.1 Å². The average Bonchev–Trinajstić information content (AvgIpc) is 1.50. The van der Waals surface area contributed by atoms with Crippen LogP contribution in [0.5, 0.6) is 0 Å². The van der Waals surface area contributed by atoms with E-state index in [2.05, 4.69) is 463 Å². The molecule has 7 aliphatic rings. The summed E-state index contributed by atoms with van der Waals surface area (Å²) < 4.78 is 0. The summed E-state index contributed by atoms with van der Waals surface area (Å²) in [7, 11) is 0. The highest BCUT2D eigenvalue weighted by Crippen LogP contribution is 2.46. The van der Waals surface area contributed by atoms with Crippen LogP contribution in [0.15, 0.2) is 243 Å². The molecule has 5 atom stereocenters. The number of rotatable bonds is 25. The van der Waals surface area contributed by atoms with Gasteiger partial charge in [-0.05, 0) is 216 Å². The second-order valence-corrected chi connectivity index (χ2v) is 55.7. The first-order valence-electron chi connectivity index (χ1n) is 54.9. The van der Waals surface area contributed by atoms with E-state index in [-0.39, 0.29) is 43.3 Å². The van der Waals surface area contributed by atoms with E-state index in [1.165, 1.54) is 193 Å². The highest BCUT2D eigenvalue weighted by molar-refractivity contribution is 8.00. The normalized spacial score (nSPS) is 19.4. The standard InChI is InChI=1S/C28H37NS.2C28H41NS.2C24H33NS/c1-3-7-21(8-4-1)23-11-15-25(16-12-23)28(27-19-30-20-29-27)26-17-13-24(14-18-26)22-9-5-2-6-10-22;2*1-19(2)27(5,6)23-13-9-21(10-14-23)26(25-17-30-18-29-25)22-11-15-24(16-12-22)28(7,8)20(3)4;2*1-23(2,3)19-11-7-17(8-12-19)22(21-15-26-16-25-21)18-9-13-20(14-10-18)24(4,5)6/h11-18,21-22,27-29H,1-10,19-20H2;2*9-16,19-20,25-26,29H,17-18H2,1-8H3;2*7-14,21-22,25H,15-16H2,1-6H3/t27-;2*25-;2*21-/m01010/s1. The van der Waals surface area contributed by atoms with Crippen molar-refractivity contribution in [2.75, 3.05) is 58.1 Å². The Labute approximate surface area is 887 Å². The maximum atomic E-state index is 3.77. The molecule has 7 fully saturated rings. The SMILES string of the molecule is CC(C)(C)c1ccc(C(c2ccc(C(C)(C)C)cc2)[C@@H]2CSCN2)cc1.CC(C)(C)c1ccc(C(c2ccc(C(C)(C)C)cc2)[C@H]2CSCN2)cc1.CC(C)C(C)(C)c1ccc(C(c2ccc(C(C)(C)C(C)C)cc2)[C@@H]2CSCN2)cc1.CC(C)C(C)(C)c1ccc(C(c2ccc(C(C)(C)C(C)C)cc2)[C@H]2CSCN2)cc1.c1cc(C(c2ccc(C3CCCCC3)cc2)[C@@H]2CSCN2)ccc1C1CCCCC1. The van der Waals surface area contributed by atoms with Gasteiger partial charge >= 0.3 is 0 Å². The fourth-order valence-electron chi connectivity index (χ4n) is 21.8. The molecule has 0 unspecified atom stereocenters. The van der Waals surface area contributed by atoms with Crippen LogP contribution in [0.4, 0.5) is 0 Å². The number of nitrogens with one attached hydrogen (secondary N) is 5. The molecule has 5 saturated heterocycles. The largest absolute Gasteiger partial charge is 0.303 e. The minimum atomic E-state index is 0.194. The van der Waals surface area contributed by atoms with Crippen LogP contribution in [0.1, 0.15) is 411 Å². The van der Waals surface area contributed by atoms with Crippen molar-refractivity contribution in [3.63, 3.8) is 0 Å². The van der Waals surface area contributed by atoms with Crippen molar-refractivity contribution in [2.45, 2.75) is 373 Å². The van der Waals surface area contributed by atoms with Gasteiger partial charge in [0.05, 0.1) is 0 Å². The maximum absolute atomic E-state index is 3.77. The summed E-state index contributed by atoms with van der Waals surface area (Å²) in [5.74, 6) is 17.3. The zero-order valence-electron chi connectivity index (χ0n) is 93.0. The Balaban J connectivity index is 0.000000149. The smallest absolute Gasteiger partial charge is 0.0421 e. The van der Waals surface area contributed by atoms with E-state index < -0.39 is 0 Å². The molecule has 2 aliphatic carbocycles. The Morgan fingerprint density at radius 3 is 0.458 bits per heavy atom. The molecule has 142 heavy (non-hydrogen) atoms. The summed E-state index contributed by atoms with van der Waals surface area (Å²) >= 11 is 10.1. The Kier molecular flexibility index (Phi) is 39.7. The first kappa shape index (κ1) is 113. The van der Waals surface area contributed by atoms with Crippen LogP contribution in [0.3, 0.4) is 0 Å². The maximum Gasteiger partial charge on any atom is 0.0421 e. The van der Waals surface area contributed by atoms with E-state index in [1.807, 2.05) is 58.8 Å². The van der Waals surface area contributed by atoms with Crippen LogP contribution in [-0.2, 0) is 43.3 Å². The zero-order chi connectivity index (χ0) is 102. The third-order valence-electron chi connectivity index (χ3n) is 34.9. The van der Waals surface area contributed by atoms with Crippen LogP contribution >= 0.6 is 58.8 Å². The van der Waals surface area contributed by atoms with Crippen molar-refractivity contribution in [3.05, 3.63) is 354 Å². The van der Waals surface area contributed by atoms with E-state index in [0.717, 1.165) is 41.2 Å². The fourth-order valence-corrected chi connectivity index (χ4v) is 26.9. The van der Waals surface area contributed by atoms with E-state index in [9.17, 15) is 0 Å². The lowest BCUT2D eigenvalue weighted by molar-refractivity contribution is 0.372. The van der Waals surface area contributed by atoms with E-state index >= 15 is 0 Å². The lowest BCUT2D eigenvalue weighted by Gasteiger charge is -2.32. The number of benzene rings is 10. The van der Waals surface area contributed by atoms with Crippen LogP contribution < -0.4 is 26.6 Å². The summed E-state index contributed by atoms with van der Waals surface area (Å²) in [6.45, 7) is 64.7. The molecule has 5 aliphatic heterocycles. The molecule has 10 heteroatoms. The quantitative estimate of drug-likeness (QED) is 0.0383. The average molecular weight is 2000 g/mol. The number of hydrogen-bond donors (Lipinski definition) is 5. The zero-order valence-corrected chi connectivity index (χ0v) is 97.1. The molecular formula is C132H185N5S5. The van der Waals surface area contributed by atoms with Gasteiger partial charge in [-0.25, -0.2) is 0 Å². The molecule has 10 aromatic rings. The molecule has 0 spiro atoms. The van der Waals surface area contributed by atoms with Gasteiger partial charge in [-0.1, -0.05) is 475 Å². The van der Waals surface area contributed by atoms with Gasteiger partial charge in [0.15, 0.2) is 0 Å². The first-order chi connectivity index (χ1) is 67.3. The van der Waals surface area contributed by atoms with Gasteiger partial charge in [0.2, 0.25) is 0 Å². The Morgan fingerprint density at radius 1 is 0.190 bits per heavy atom. The molecule has 768 valence electrons. The lowest BCUT2D eigenvalue weighted by atomic mass is 9.73. The van der Waals surface area contributed by atoms with Crippen molar-refractivity contribution in [2.24, 2.45) is 23.7 Å². The molecular weight excluding hydrogens is 1820 g/mol. The van der Waals surface area contributed by atoms with Gasteiger partial charge < -0.3 is 26.6 Å². The Hall–Kier alpha value is -6.25. The summed E-state index contributed by atoms with van der Waals surface area (Å²) in [5.41, 5.74) is 30.4. The predicted octanol–water partition coefficient (Wildman–Crippen LogP) is 34.4. The second kappa shape index (κ2) is 49.9. The van der Waals surface area contributed by atoms with Crippen molar-refractivity contribution >= 4 is 58.8 Å². The van der Waals surface area contributed by atoms with Crippen molar-refractivity contribution in [1.82, 2.24) is 26.6 Å². The van der Waals surface area contributed by atoms with Crippen LogP contribution in [-0.4, -0.2) is 88.4 Å². The highest BCUT2D eigenvalue weighted by Gasteiger charge is 2.38. The van der Waals surface area contributed by atoms with Gasteiger partial charge in [0.25, 0.3) is 0 Å². The molecule has 0 aromatic heterocycles. The van der Waals surface area contributed by atoms with Crippen LogP contribution in [0.2, 0.25) is 0 Å². The van der Waals surface area contributed by atoms with Crippen LogP contribution in [0.25, 0.3) is 0 Å². The van der Waals surface area contributed by atoms with E-state index in [4.69, 9.17) is 0 Å². The summed E-state index contributed by atoms with van der Waals surface area (Å²) in [4.78, 5) is 0. The van der Waals surface area contributed by atoms with Gasteiger partial charge in [-0.15, -0.1) is 58.8 Å². The highest BCUT2D eigenvalue weighted by atomic mass is 32.2. The van der Waals surface area contributed by atoms with E-state index in [1.54, 1.807) is 11.1 Å². The van der Waals surface area contributed by atoms with Gasteiger partial charge in [-0.2, -0.15) is 0 Å². The number of thioether (sulfide) groups is 5. The predicted molar refractivity (Wildman–Crippen MR) is 633 cm³/mol. The minimum absolute atomic E-state index is 0.194. The Morgan fingerprint density at radius 2 is 0.331 bits per heavy atom. The Bertz CT molecular complexity index is 4830. The van der Waals surface area contributed by atoms with Crippen molar-refractivity contribution in [3.8, 4) is 0 Å². The summed E-state index contributed by atoms with van der Waals surface area (Å²) in [5, 5.41) is 18.7. The van der Waals surface area contributed by atoms with Gasteiger partial charge in [0.1, 0.15) is 0 Å². The monoisotopic (exact) mass is 2000 g/mol. The molecule has 2 saturated carbocycles. The minimum Gasteiger partial charge on any atom is -0.303 e. The van der Waals surface area contributed by atoms with E-state index in [0.29, 0.717) is 83.5 Å². The van der Waals surface area contributed by atoms with Crippen molar-refractivity contribution in [1.29, 1.82) is 0 Å². The molecule has 5 N–H and O–H groups in total. The first-order valence-corrected chi connectivity index (χ1v) is 60.7. The molecule has 0 radical (unpaired) electrons. The number of hydrogen-bond acceptors (Lipinski definition) is 10. The molecule has 17 rings (SSSR count). The molecule has 0 amide bonds. The molecule has 10 aromatic carbocycles. The summed E-state index contributed by atoms with van der Waals surface area (Å²) in [6.07, 6.45) is 14.0. The lowest BCUT2D eigenvalue weighted by Crippen LogP contribution is -2.32. The third-order valence-corrected chi connectivity index (χ3v) is 39.7.